The summed E-state index contributed by atoms with van der Waals surface area (Å²) in [6.07, 6.45) is -4.36. The molecule has 0 heterocycles. The van der Waals surface area contributed by atoms with Crippen molar-refractivity contribution in [2.75, 3.05) is 0 Å². The Hall–Kier alpha value is -1.97. The lowest BCUT2D eigenvalue weighted by Crippen LogP contribution is -2.04. The van der Waals surface area contributed by atoms with Crippen molar-refractivity contribution in [2.24, 2.45) is 0 Å². The van der Waals surface area contributed by atoms with Gasteiger partial charge in [0.15, 0.2) is 0 Å². The first kappa shape index (κ1) is 17.1. The van der Waals surface area contributed by atoms with E-state index in [0.29, 0.717) is 5.75 Å². The van der Waals surface area contributed by atoms with Crippen molar-refractivity contribution in [3.05, 3.63) is 59.2 Å². The van der Waals surface area contributed by atoms with Crippen LogP contribution in [0.4, 0.5) is 13.2 Å². The highest BCUT2D eigenvalue weighted by molar-refractivity contribution is 5.38. The van der Waals surface area contributed by atoms with Crippen LogP contribution in [0.3, 0.4) is 0 Å². The van der Waals surface area contributed by atoms with Crippen LogP contribution in [0.5, 0.6) is 11.5 Å². The summed E-state index contributed by atoms with van der Waals surface area (Å²) in [5.74, 6) is 0.709. The molecule has 0 aromatic heterocycles. The Bertz CT molecular complexity index is 589. The summed E-state index contributed by atoms with van der Waals surface area (Å²) >= 11 is 0. The highest BCUT2D eigenvalue weighted by Crippen LogP contribution is 2.32. The van der Waals surface area contributed by atoms with Crippen LogP contribution in [0.1, 0.15) is 30.5 Å². The van der Waals surface area contributed by atoms with Gasteiger partial charge in [0.05, 0.1) is 5.56 Å². The Labute approximate surface area is 123 Å². The molecule has 0 atom stereocenters. The maximum atomic E-state index is 12.6. The van der Waals surface area contributed by atoms with Gasteiger partial charge in [-0.25, -0.2) is 0 Å². The molecule has 0 aliphatic heterocycles. The number of halogens is 3. The van der Waals surface area contributed by atoms with Gasteiger partial charge in [0.2, 0.25) is 0 Å². The summed E-state index contributed by atoms with van der Waals surface area (Å²) in [6, 6.07) is 10.3. The Balaban J connectivity index is 0.00000106. The van der Waals surface area contributed by atoms with Gasteiger partial charge in [0, 0.05) is 0 Å². The van der Waals surface area contributed by atoms with Gasteiger partial charge >= 0.3 is 6.18 Å². The number of rotatable bonds is 2. The van der Waals surface area contributed by atoms with Gasteiger partial charge in [-0.1, -0.05) is 26.0 Å². The summed E-state index contributed by atoms with van der Waals surface area (Å²) in [7, 11) is 0. The Morgan fingerprint density at radius 2 is 1.43 bits per heavy atom. The molecule has 2 aromatic carbocycles. The van der Waals surface area contributed by atoms with Gasteiger partial charge in [0.25, 0.3) is 0 Å². The number of ether oxygens (including phenoxy) is 1. The topological polar surface area (TPSA) is 9.23 Å². The molecule has 0 N–H and O–H groups in total. The van der Waals surface area contributed by atoms with Gasteiger partial charge in [-0.15, -0.1) is 0 Å². The average Bonchev–Trinajstić information content (AvgIpc) is 2.45. The normalized spacial score (nSPS) is 10.6. The zero-order valence-corrected chi connectivity index (χ0v) is 12.6. The minimum absolute atomic E-state index is 0.179. The van der Waals surface area contributed by atoms with E-state index < -0.39 is 11.7 Å². The van der Waals surface area contributed by atoms with Crippen LogP contribution in [0.2, 0.25) is 0 Å². The molecule has 0 fully saturated rings. The van der Waals surface area contributed by atoms with Crippen molar-refractivity contribution < 1.29 is 17.9 Å². The van der Waals surface area contributed by atoms with Crippen LogP contribution in [0.25, 0.3) is 0 Å². The number of aryl methyl sites for hydroxylation is 2. The van der Waals surface area contributed by atoms with Crippen LogP contribution >= 0.6 is 0 Å². The van der Waals surface area contributed by atoms with E-state index >= 15 is 0 Å². The van der Waals surface area contributed by atoms with E-state index in [1.165, 1.54) is 12.1 Å². The van der Waals surface area contributed by atoms with E-state index in [1.54, 1.807) is 12.1 Å². The molecule has 0 radical (unpaired) electrons. The van der Waals surface area contributed by atoms with E-state index in [0.717, 1.165) is 23.3 Å². The molecule has 0 aliphatic rings. The summed E-state index contributed by atoms with van der Waals surface area (Å²) in [4.78, 5) is 0. The second kappa shape index (κ2) is 7.16. The SMILES string of the molecule is CC.Cc1ccc(Oc2cccc(C(F)(F)F)c2)cc1C. The van der Waals surface area contributed by atoms with Crippen molar-refractivity contribution >= 4 is 0 Å². The van der Waals surface area contributed by atoms with Crippen molar-refractivity contribution in [1.82, 2.24) is 0 Å². The van der Waals surface area contributed by atoms with E-state index in [-0.39, 0.29) is 5.75 Å². The molecule has 4 heteroatoms. The standard InChI is InChI=1S/C15H13F3O.C2H6/c1-10-6-7-14(8-11(10)2)19-13-5-3-4-12(9-13)15(16,17)18;1-2/h3-9H,1-2H3;1-2H3. The second-order valence-electron chi connectivity index (χ2n) is 4.37. The Morgan fingerprint density at radius 1 is 0.810 bits per heavy atom. The van der Waals surface area contributed by atoms with Crippen LogP contribution in [0, 0.1) is 13.8 Å². The first-order valence-corrected chi connectivity index (χ1v) is 6.78. The van der Waals surface area contributed by atoms with Crippen molar-refractivity contribution in [1.29, 1.82) is 0 Å². The highest BCUT2D eigenvalue weighted by atomic mass is 19.4. The van der Waals surface area contributed by atoms with Gasteiger partial charge in [0.1, 0.15) is 11.5 Å². The first-order valence-electron chi connectivity index (χ1n) is 6.78. The molecule has 21 heavy (non-hydrogen) atoms. The Kier molecular flexibility index (Phi) is 5.82. The van der Waals surface area contributed by atoms with Crippen LogP contribution < -0.4 is 4.74 Å². The van der Waals surface area contributed by atoms with Crippen LogP contribution in [0.15, 0.2) is 42.5 Å². The largest absolute Gasteiger partial charge is 0.457 e. The smallest absolute Gasteiger partial charge is 0.416 e. The fourth-order valence-electron chi connectivity index (χ4n) is 1.65. The third kappa shape index (κ3) is 4.81. The monoisotopic (exact) mass is 296 g/mol. The quantitative estimate of drug-likeness (QED) is 0.646. The second-order valence-corrected chi connectivity index (χ2v) is 4.37. The minimum Gasteiger partial charge on any atom is -0.457 e. The zero-order chi connectivity index (χ0) is 16.0. The fourth-order valence-corrected chi connectivity index (χ4v) is 1.65. The van der Waals surface area contributed by atoms with Crippen LogP contribution in [-0.4, -0.2) is 0 Å². The molecule has 1 nitrogen and oxygen atoms in total. The molecule has 0 aliphatic carbocycles. The predicted molar refractivity (Wildman–Crippen MR) is 78.8 cm³/mol. The molecule has 0 saturated heterocycles. The summed E-state index contributed by atoms with van der Waals surface area (Å²) in [5, 5.41) is 0. The third-order valence-corrected chi connectivity index (χ3v) is 2.88. The van der Waals surface area contributed by atoms with Crippen LogP contribution in [-0.2, 0) is 6.18 Å². The zero-order valence-electron chi connectivity index (χ0n) is 12.6. The highest BCUT2D eigenvalue weighted by Gasteiger charge is 2.30. The van der Waals surface area contributed by atoms with Gasteiger partial charge in [-0.3, -0.25) is 0 Å². The summed E-state index contributed by atoms with van der Waals surface area (Å²) in [5.41, 5.74) is 1.43. The molecule has 0 saturated carbocycles. The lowest BCUT2D eigenvalue weighted by atomic mass is 10.1. The van der Waals surface area contributed by atoms with Gasteiger partial charge in [-0.05, 0) is 55.3 Å². The molecular formula is C17H19F3O. The predicted octanol–water partition coefficient (Wildman–Crippen LogP) is 6.14. The van der Waals surface area contributed by atoms with E-state index in [4.69, 9.17) is 4.74 Å². The van der Waals surface area contributed by atoms with Gasteiger partial charge < -0.3 is 4.74 Å². The molecule has 0 amide bonds. The van der Waals surface area contributed by atoms with E-state index in [1.807, 2.05) is 33.8 Å². The fraction of sp³-hybridized carbons (Fsp3) is 0.294. The first-order chi connectivity index (χ1) is 9.86. The van der Waals surface area contributed by atoms with Gasteiger partial charge in [-0.2, -0.15) is 13.2 Å². The molecule has 2 rings (SSSR count). The third-order valence-electron chi connectivity index (χ3n) is 2.88. The van der Waals surface area contributed by atoms with Crippen molar-refractivity contribution in [2.45, 2.75) is 33.9 Å². The lowest BCUT2D eigenvalue weighted by Gasteiger charge is -2.11. The van der Waals surface area contributed by atoms with E-state index in [9.17, 15) is 13.2 Å². The number of benzene rings is 2. The molecule has 0 unspecified atom stereocenters. The molecule has 0 spiro atoms. The summed E-state index contributed by atoms with van der Waals surface area (Å²) < 4.78 is 43.2. The van der Waals surface area contributed by atoms with E-state index in [2.05, 4.69) is 0 Å². The number of hydrogen-bond acceptors (Lipinski definition) is 1. The molecule has 2 aromatic rings. The minimum atomic E-state index is -4.36. The summed E-state index contributed by atoms with van der Waals surface area (Å²) in [6.45, 7) is 7.89. The maximum Gasteiger partial charge on any atom is 0.416 e. The maximum absolute atomic E-state index is 12.6. The molecule has 0 bridgehead atoms. The lowest BCUT2D eigenvalue weighted by molar-refractivity contribution is -0.137. The number of alkyl halides is 3. The molecular weight excluding hydrogens is 277 g/mol. The molecule has 114 valence electrons. The van der Waals surface area contributed by atoms with Crippen molar-refractivity contribution in [3.63, 3.8) is 0 Å². The Morgan fingerprint density at radius 3 is 2.00 bits per heavy atom. The van der Waals surface area contributed by atoms with Crippen molar-refractivity contribution in [3.8, 4) is 11.5 Å². The average molecular weight is 296 g/mol. The number of hydrogen-bond donors (Lipinski definition) is 0.